The molecule has 0 saturated carbocycles. The number of β-amino-alcohol motifs (C(OH)–C–C–N with tert-alkyl or cyclic N) is 1. The summed E-state index contributed by atoms with van der Waals surface area (Å²) < 4.78 is 5.41. The van der Waals surface area contributed by atoms with E-state index in [1.165, 1.54) is 0 Å². The van der Waals surface area contributed by atoms with Gasteiger partial charge in [-0.1, -0.05) is 0 Å². The molecule has 2 fully saturated rings. The maximum atomic E-state index is 12.1. The molecule has 2 aliphatic heterocycles. The number of piperidine rings is 1. The first-order valence-corrected chi connectivity index (χ1v) is 9.27. The molecule has 2 N–H and O–H groups in total. The number of ether oxygens (including phenoxy) is 1. The van der Waals surface area contributed by atoms with Crippen LogP contribution >= 0.6 is 0 Å². The zero-order chi connectivity index (χ0) is 17.7. The van der Waals surface area contributed by atoms with Gasteiger partial charge in [-0.2, -0.15) is 0 Å². The molecule has 0 aliphatic carbocycles. The Morgan fingerprint density at radius 3 is 2.46 bits per heavy atom. The highest BCUT2D eigenvalue weighted by Gasteiger charge is 2.32. The van der Waals surface area contributed by atoms with E-state index in [0.717, 1.165) is 38.8 Å². The maximum Gasteiger partial charge on any atom is 0.410 e. The second kappa shape index (κ2) is 8.50. The molecule has 2 saturated heterocycles. The molecule has 6 heteroatoms. The zero-order valence-corrected chi connectivity index (χ0v) is 15.4. The van der Waals surface area contributed by atoms with E-state index in [2.05, 4.69) is 4.90 Å². The van der Waals surface area contributed by atoms with Crippen LogP contribution in [0.4, 0.5) is 4.79 Å². The Morgan fingerprint density at radius 2 is 1.88 bits per heavy atom. The molecular formula is C18H34N2O4. The lowest BCUT2D eigenvalue weighted by Crippen LogP contribution is -2.45. The summed E-state index contributed by atoms with van der Waals surface area (Å²) >= 11 is 0. The number of nitrogens with zero attached hydrogens (tertiary/aromatic N) is 2. The van der Waals surface area contributed by atoms with Crippen molar-refractivity contribution in [1.82, 2.24) is 9.80 Å². The van der Waals surface area contributed by atoms with E-state index in [0.29, 0.717) is 25.6 Å². The highest BCUT2D eigenvalue weighted by Crippen LogP contribution is 2.25. The number of hydrogen-bond acceptors (Lipinski definition) is 5. The normalized spacial score (nSPS) is 25.0. The topological polar surface area (TPSA) is 73.2 Å². The SMILES string of the molecule is CC(C)(C)OC(=O)N1CCC([C@@H](O)CN2CC[C@@H](CCO)C2)CC1. The number of rotatable bonds is 5. The predicted molar refractivity (Wildman–Crippen MR) is 92.8 cm³/mol. The van der Waals surface area contributed by atoms with Crippen LogP contribution in [0.1, 0.15) is 46.5 Å². The molecule has 24 heavy (non-hydrogen) atoms. The first-order chi connectivity index (χ1) is 11.3. The Hall–Kier alpha value is -0.850. The van der Waals surface area contributed by atoms with Crippen molar-refractivity contribution < 1.29 is 19.7 Å². The number of hydrogen-bond donors (Lipinski definition) is 2. The monoisotopic (exact) mass is 342 g/mol. The average Bonchev–Trinajstić information content (AvgIpc) is 2.93. The molecule has 2 atom stereocenters. The third-order valence-electron chi connectivity index (χ3n) is 5.09. The molecular weight excluding hydrogens is 308 g/mol. The molecule has 0 aromatic carbocycles. The molecule has 2 aliphatic rings. The van der Waals surface area contributed by atoms with Gasteiger partial charge < -0.3 is 24.7 Å². The van der Waals surface area contributed by atoms with Gasteiger partial charge in [-0.25, -0.2) is 4.79 Å². The van der Waals surface area contributed by atoms with Crippen LogP contribution in [-0.2, 0) is 4.74 Å². The van der Waals surface area contributed by atoms with Gasteiger partial charge in [-0.3, -0.25) is 0 Å². The molecule has 2 heterocycles. The number of aliphatic hydroxyl groups is 2. The average molecular weight is 342 g/mol. The fraction of sp³-hybridized carbons (Fsp3) is 0.944. The lowest BCUT2D eigenvalue weighted by atomic mass is 9.91. The van der Waals surface area contributed by atoms with Crippen molar-refractivity contribution in [3.8, 4) is 0 Å². The van der Waals surface area contributed by atoms with Gasteiger partial charge in [0.25, 0.3) is 0 Å². The van der Waals surface area contributed by atoms with E-state index in [-0.39, 0.29) is 24.7 Å². The number of carbonyl (C=O) groups excluding carboxylic acids is 1. The van der Waals surface area contributed by atoms with E-state index in [1.54, 1.807) is 4.90 Å². The third-order valence-corrected chi connectivity index (χ3v) is 5.09. The lowest BCUT2D eigenvalue weighted by molar-refractivity contribution is 0.00314. The molecule has 0 bridgehead atoms. The molecule has 1 amide bonds. The quantitative estimate of drug-likeness (QED) is 0.795. The minimum atomic E-state index is -0.464. The van der Waals surface area contributed by atoms with Gasteiger partial charge >= 0.3 is 6.09 Å². The largest absolute Gasteiger partial charge is 0.444 e. The van der Waals surface area contributed by atoms with Crippen molar-refractivity contribution in [2.24, 2.45) is 11.8 Å². The fourth-order valence-corrected chi connectivity index (χ4v) is 3.70. The highest BCUT2D eigenvalue weighted by atomic mass is 16.6. The third kappa shape index (κ3) is 5.90. The Morgan fingerprint density at radius 1 is 1.21 bits per heavy atom. The molecule has 0 aromatic heterocycles. The summed E-state index contributed by atoms with van der Waals surface area (Å²) in [5.74, 6) is 0.816. The zero-order valence-electron chi connectivity index (χ0n) is 15.4. The van der Waals surface area contributed by atoms with E-state index in [1.807, 2.05) is 20.8 Å². The molecule has 2 rings (SSSR count). The van der Waals surface area contributed by atoms with E-state index >= 15 is 0 Å². The van der Waals surface area contributed by atoms with Gasteiger partial charge in [0.2, 0.25) is 0 Å². The van der Waals surface area contributed by atoms with E-state index in [9.17, 15) is 9.90 Å². The molecule has 0 aromatic rings. The fourth-order valence-electron chi connectivity index (χ4n) is 3.70. The van der Waals surface area contributed by atoms with Crippen molar-refractivity contribution >= 4 is 6.09 Å². The Balaban J connectivity index is 1.71. The maximum absolute atomic E-state index is 12.1. The van der Waals surface area contributed by atoms with Crippen LogP contribution in [0.3, 0.4) is 0 Å². The first-order valence-electron chi connectivity index (χ1n) is 9.27. The Bertz CT molecular complexity index is 402. The number of aliphatic hydroxyl groups excluding tert-OH is 2. The van der Waals surface area contributed by atoms with Crippen molar-refractivity contribution in [2.45, 2.75) is 58.2 Å². The van der Waals surface area contributed by atoms with Gasteiger partial charge in [-0.05, 0) is 64.8 Å². The standard InChI is InChI=1S/C18H34N2O4/c1-18(2,3)24-17(23)20-9-5-15(6-10-20)16(22)13-19-8-4-14(12-19)7-11-21/h14-16,21-22H,4-13H2,1-3H3/t14-,16-/m0/s1. The number of likely N-dealkylation sites (tertiary alicyclic amines) is 2. The first kappa shape index (κ1) is 19.5. The van der Waals surface area contributed by atoms with Gasteiger partial charge in [0.15, 0.2) is 0 Å². The van der Waals surface area contributed by atoms with Gasteiger partial charge in [0, 0.05) is 32.8 Å². The predicted octanol–water partition coefficient (Wildman–Crippen LogP) is 1.70. The van der Waals surface area contributed by atoms with Gasteiger partial charge in [-0.15, -0.1) is 0 Å². The van der Waals surface area contributed by atoms with Crippen LogP contribution in [0, 0.1) is 11.8 Å². The van der Waals surface area contributed by atoms with Crippen molar-refractivity contribution in [1.29, 1.82) is 0 Å². The number of carbonyl (C=O) groups is 1. The van der Waals surface area contributed by atoms with Crippen LogP contribution in [0.25, 0.3) is 0 Å². The molecule has 6 nitrogen and oxygen atoms in total. The van der Waals surface area contributed by atoms with Gasteiger partial charge in [0.05, 0.1) is 6.10 Å². The van der Waals surface area contributed by atoms with Crippen molar-refractivity contribution in [3.63, 3.8) is 0 Å². The summed E-state index contributed by atoms with van der Waals surface area (Å²) in [6.07, 6.45) is 3.05. The lowest BCUT2D eigenvalue weighted by Gasteiger charge is -2.36. The van der Waals surface area contributed by atoms with Crippen LogP contribution < -0.4 is 0 Å². The second-order valence-corrected chi connectivity index (χ2v) is 8.30. The summed E-state index contributed by atoms with van der Waals surface area (Å²) in [7, 11) is 0. The van der Waals surface area contributed by atoms with Crippen LogP contribution in [0.2, 0.25) is 0 Å². The smallest absolute Gasteiger partial charge is 0.410 e. The molecule has 0 unspecified atom stereocenters. The van der Waals surface area contributed by atoms with E-state index in [4.69, 9.17) is 9.84 Å². The summed E-state index contributed by atoms with van der Waals surface area (Å²) in [4.78, 5) is 16.1. The highest BCUT2D eigenvalue weighted by molar-refractivity contribution is 5.68. The molecule has 0 spiro atoms. The minimum Gasteiger partial charge on any atom is -0.444 e. The summed E-state index contributed by atoms with van der Waals surface area (Å²) in [6, 6.07) is 0. The van der Waals surface area contributed by atoms with Crippen molar-refractivity contribution in [2.75, 3.05) is 39.3 Å². The van der Waals surface area contributed by atoms with E-state index < -0.39 is 5.60 Å². The van der Waals surface area contributed by atoms with Crippen LogP contribution in [0.5, 0.6) is 0 Å². The minimum absolute atomic E-state index is 0.248. The van der Waals surface area contributed by atoms with Crippen LogP contribution in [-0.4, -0.2) is 77.1 Å². The summed E-state index contributed by atoms with van der Waals surface area (Å²) in [6.45, 7) is 9.90. The molecule has 0 radical (unpaired) electrons. The van der Waals surface area contributed by atoms with Crippen molar-refractivity contribution in [3.05, 3.63) is 0 Å². The van der Waals surface area contributed by atoms with Crippen LogP contribution in [0.15, 0.2) is 0 Å². The molecule has 140 valence electrons. The summed E-state index contributed by atoms with van der Waals surface area (Å²) in [5.41, 5.74) is -0.464. The Kier molecular flexibility index (Phi) is 6.89. The van der Waals surface area contributed by atoms with Gasteiger partial charge in [0.1, 0.15) is 5.60 Å². The second-order valence-electron chi connectivity index (χ2n) is 8.30. The number of amides is 1. The Labute approximate surface area is 145 Å². The summed E-state index contributed by atoms with van der Waals surface area (Å²) in [5, 5.41) is 19.6.